The molecule has 2 aromatic carbocycles. The maximum Gasteiger partial charge on any atom is 0.188 e. The summed E-state index contributed by atoms with van der Waals surface area (Å²) in [5, 5.41) is 1.45. The van der Waals surface area contributed by atoms with Gasteiger partial charge in [0.25, 0.3) is 0 Å². The summed E-state index contributed by atoms with van der Waals surface area (Å²) < 4.78 is 5.38. The molecule has 0 aromatic heterocycles. The molecule has 0 unspecified atom stereocenters. The third kappa shape index (κ3) is 4.22. The zero-order chi connectivity index (χ0) is 14.5. The minimum Gasteiger partial charge on any atom is -0.369 e. The Labute approximate surface area is 132 Å². The Morgan fingerprint density at radius 1 is 0.950 bits per heavy atom. The monoisotopic (exact) mass is 328 g/mol. The number of Topliss-reactive ketones (excluding diaryl/α,β-unsaturated/α-hetero) is 1. The topological polar surface area (TPSA) is 26.3 Å². The van der Waals surface area contributed by atoms with E-state index in [1.54, 1.807) is 24.3 Å². The fourth-order valence-corrected chi connectivity index (χ4v) is 2.02. The Kier molecular flexibility index (Phi) is 5.44. The molecule has 5 heteroatoms. The van der Waals surface area contributed by atoms with E-state index in [4.69, 9.17) is 39.5 Å². The van der Waals surface area contributed by atoms with Gasteiger partial charge in [0.05, 0.1) is 16.7 Å². The Hall–Kier alpha value is -1.06. The molecule has 20 heavy (non-hydrogen) atoms. The first-order valence-corrected chi connectivity index (χ1v) is 7.00. The highest BCUT2D eigenvalue weighted by atomic mass is 35.5. The molecule has 0 saturated carbocycles. The van der Waals surface area contributed by atoms with Crippen molar-refractivity contribution in [2.75, 3.05) is 6.61 Å². The van der Waals surface area contributed by atoms with Crippen LogP contribution < -0.4 is 0 Å². The van der Waals surface area contributed by atoms with Gasteiger partial charge in [0.1, 0.15) is 6.61 Å². The molecule has 0 saturated heterocycles. The molecule has 0 amide bonds. The van der Waals surface area contributed by atoms with Crippen molar-refractivity contribution in [3.8, 4) is 0 Å². The lowest BCUT2D eigenvalue weighted by molar-refractivity contribution is 0.0726. The number of hydrogen-bond acceptors (Lipinski definition) is 2. The molecule has 0 aliphatic carbocycles. The Morgan fingerprint density at radius 3 is 2.30 bits per heavy atom. The molecule has 0 spiro atoms. The van der Waals surface area contributed by atoms with E-state index in [9.17, 15) is 4.79 Å². The second-order valence-corrected chi connectivity index (χ2v) is 5.42. The second kappa shape index (κ2) is 7.09. The lowest BCUT2D eigenvalue weighted by Gasteiger charge is -2.05. The third-order valence-electron chi connectivity index (χ3n) is 2.66. The number of benzene rings is 2. The van der Waals surface area contributed by atoms with Gasteiger partial charge in [-0.2, -0.15) is 0 Å². The van der Waals surface area contributed by atoms with Crippen molar-refractivity contribution in [1.82, 2.24) is 0 Å². The van der Waals surface area contributed by atoms with Gasteiger partial charge in [-0.15, -0.1) is 0 Å². The molecule has 0 heterocycles. The van der Waals surface area contributed by atoms with Gasteiger partial charge < -0.3 is 4.74 Å². The van der Waals surface area contributed by atoms with E-state index >= 15 is 0 Å². The highest BCUT2D eigenvalue weighted by Gasteiger charge is 2.08. The van der Waals surface area contributed by atoms with E-state index in [0.29, 0.717) is 27.2 Å². The molecule has 2 rings (SSSR count). The zero-order valence-corrected chi connectivity index (χ0v) is 12.7. The molecule has 0 aliphatic heterocycles. The van der Waals surface area contributed by atoms with E-state index in [0.717, 1.165) is 5.56 Å². The standard InChI is InChI=1S/C15H11Cl3O2/c16-12-4-1-10(2-5-12)8-20-9-15(19)11-3-6-13(17)14(18)7-11/h1-7H,8-9H2. The molecular weight excluding hydrogens is 319 g/mol. The van der Waals surface area contributed by atoms with Gasteiger partial charge in [0.15, 0.2) is 5.78 Å². The second-order valence-electron chi connectivity index (χ2n) is 4.17. The van der Waals surface area contributed by atoms with Crippen LogP contribution in [0.1, 0.15) is 15.9 Å². The van der Waals surface area contributed by atoms with Crippen molar-refractivity contribution in [2.45, 2.75) is 6.61 Å². The fourth-order valence-electron chi connectivity index (χ4n) is 1.60. The average Bonchev–Trinajstić information content (AvgIpc) is 2.44. The number of ketones is 1. The molecule has 0 aliphatic rings. The molecule has 0 fully saturated rings. The van der Waals surface area contributed by atoms with Crippen LogP contribution in [0.3, 0.4) is 0 Å². The summed E-state index contributed by atoms with van der Waals surface area (Å²) in [5.74, 6) is -0.141. The van der Waals surface area contributed by atoms with Crippen LogP contribution in [-0.4, -0.2) is 12.4 Å². The van der Waals surface area contributed by atoms with Crippen LogP contribution in [0.15, 0.2) is 42.5 Å². The number of rotatable bonds is 5. The van der Waals surface area contributed by atoms with Crippen molar-refractivity contribution < 1.29 is 9.53 Å². The lowest BCUT2D eigenvalue weighted by Crippen LogP contribution is -2.09. The minimum atomic E-state index is -0.141. The van der Waals surface area contributed by atoms with Crippen molar-refractivity contribution in [3.05, 3.63) is 68.7 Å². The average molecular weight is 330 g/mol. The van der Waals surface area contributed by atoms with Crippen LogP contribution in [0, 0.1) is 0 Å². The van der Waals surface area contributed by atoms with Gasteiger partial charge in [0, 0.05) is 10.6 Å². The summed E-state index contributed by atoms with van der Waals surface area (Å²) in [5.41, 5.74) is 1.44. The normalized spacial score (nSPS) is 10.6. The summed E-state index contributed by atoms with van der Waals surface area (Å²) in [4.78, 5) is 11.9. The Balaban J connectivity index is 1.88. The maximum atomic E-state index is 11.9. The first kappa shape index (κ1) is 15.3. The molecule has 0 bridgehead atoms. The van der Waals surface area contributed by atoms with Crippen LogP contribution in [0.5, 0.6) is 0 Å². The van der Waals surface area contributed by atoms with Gasteiger partial charge in [-0.3, -0.25) is 4.79 Å². The summed E-state index contributed by atoms with van der Waals surface area (Å²) in [6.07, 6.45) is 0. The highest BCUT2D eigenvalue weighted by molar-refractivity contribution is 6.42. The molecule has 104 valence electrons. The van der Waals surface area contributed by atoms with Gasteiger partial charge in [-0.05, 0) is 35.9 Å². The molecule has 0 radical (unpaired) electrons. The van der Waals surface area contributed by atoms with Crippen molar-refractivity contribution in [2.24, 2.45) is 0 Å². The molecule has 0 atom stereocenters. The largest absolute Gasteiger partial charge is 0.369 e. The van der Waals surface area contributed by atoms with Gasteiger partial charge in [-0.1, -0.05) is 46.9 Å². The Bertz CT molecular complexity index is 609. The number of hydrogen-bond donors (Lipinski definition) is 0. The van der Waals surface area contributed by atoms with Crippen LogP contribution in [0.2, 0.25) is 15.1 Å². The van der Waals surface area contributed by atoms with E-state index < -0.39 is 0 Å². The third-order valence-corrected chi connectivity index (χ3v) is 3.65. The van der Waals surface area contributed by atoms with E-state index in [1.165, 1.54) is 6.07 Å². The van der Waals surface area contributed by atoms with Crippen LogP contribution in [0.4, 0.5) is 0 Å². The Morgan fingerprint density at radius 2 is 1.65 bits per heavy atom. The van der Waals surface area contributed by atoms with Gasteiger partial charge in [-0.25, -0.2) is 0 Å². The molecule has 2 aromatic rings. The summed E-state index contributed by atoms with van der Waals surface area (Å²) in [6, 6.07) is 12.0. The minimum absolute atomic E-state index is 0.0133. The van der Waals surface area contributed by atoms with Crippen molar-refractivity contribution in [3.63, 3.8) is 0 Å². The quantitative estimate of drug-likeness (QED) is 0.718. The van der Waals surface area contributed by atoms with Gasteiger partial charge in [0.2, 0.25) is 0 Å². The summed E-state index contributed by atoms with van der Waals surface area (Å²) in [7, 11) is 0. The van der Waals surface area contributed by atoms with Crippen LogP contribution >= 0.6 is 34.8 Å². The molecule has 0 N–H and O–H groups in total. The lowest BCUT2D eigenvalue weighted by atomic mass is 10.1. The maximum absolute atomic E-state index is 11.9. The predicted octanol–water partition coefficient (Wildman–Crippen LogP) is 5.05. The zero-order valence-electron chi connectivity index (χ0n) is 10.4. The molecular formula is C15H11Cl3O2. The van der Waals surface area contributed by atoms with E-state index in [2.05, 4.69) is 0 Å². The summed E-state index contributed by atoms with van der Waals surface area (Å²) in [6.45, 7) is 0.338. The van der Waals surface area contributed by atoms with Crippen LogP contribution in [0.25, 0.3) is 0 Å². The first-order valence-electron chi connectivity index (χ1n) is 5.86. The smallest absolute Gasteiger partial charge is 0.188 e. The van der Waals surface area contributed by atoms with E-state index in [-0.39, 0.29) is 12.4 Å². The van der Waals surface area contributed by atoms with Gasteiger partial charge >= 0.3 is 0 Å². The number of halogens is 3. The van der Waals surface area contributed by atoms with Crippen molar-refractivity contribution in [1.29, 1.82) is 0 Å². The molecule has 2 nitrogen and oxygen atoms in total. The number of carbonyl (C=O) groups excluding carboxylic acids is 1. The summed E-state index contributed by atoms with van der Waals surface area (Å²) >= 11 is 17.4. The SMILES string of the molecule is O=C(COCc1ccc(Cl)cc1)c1ccc(Cl)c(Cl)c1. The number of ether oxygens (including phenoxy) is 1. The van der Waals surface area contributed by atoms with Crippen LogP contribution in [-0.2, 0) is 11.3 Å². The number of carbonyl (C=O) groups is 1. The van der Waals surface area contributed by atoms with Crippen molar-refractivity contribution >= 4 is 40.6 Å². The fraction of sp³-hybridized carbons (Fsp3) is 0.133. The first-order chi connectivity index (χ1) is 9.56. The highest BCUT2D eigenvalue weighted by Crippen LogP contribution is 2.22. The van der Waals surface area contributed by atoms with E-state index in [1.807, 2.05) is 12.1 Å². The predicted molar refractivity (Wildman–Crippen MR) is 81.9 cm³/mol.